The van der Waals surface area contributed by atoms with Gasteiger partial charge in [-0.15, -0.1) is 0 Å². The molecule has 0 fully saturated rings. The molecule has 17 heavy (non-hydrogen) atoms. The van der Waals surface area contributed by atoms with Crippen molar-refractivity contribution in [2.24, 2.45) is 0 Å². The summed E-state index contributed by atoms with van der Waals surface area (Å²) in [6.45, 7) is 4.70. The van der Waals surface area contributed by atoms with Gasteiger partial charge in [-0.2, -0.15) is 0 Å². The average molecular weight is 236 g/mol. The molecule has 3 N–H and O–H groups in total. The van der Waals surface area contributed by atoms with Gasteiger partial charge < -0.3 is 15.7 Å². The number of nitrogen functional groups attached to an aromatic ring is 1. The predicted octanol–water partition coefficient (Wildman–Crippen LogP) is 1.01. The number of nitrogens with zero attached hydrogens (tertiary/aromatic N) is 3. The van der Waals surface area contributed by atoms with E-state index < -0.39 is 0 Å². The molecule has 2 rings (SSSR count). The molecule has 0 saturated heterocycles. The highest BCUT2D eigenvalue weighted by molar-refractivity contribution is 5.95. The van der Waals surface area contributed by atoms with Crippen LogP contribution in [0.5, 0.6) is 0 Å². The maximum atomic E-state index is 9.10. The van der Waals surface area contributed by atoms with Crippen molar-refractivity contribution in [3.05, 3.63) is 12.1 Å². The van der Waals surface area contributed by atoms with Crippen LogP contribution in [0.2, 0.25) is 0 Å². The van der Waals surface area contributed by atoms with Crippen molar-refractivity contribution in [2.75, 3.05) is 23.8 Å². The highest BCUT2D eigenvalue weighted by Crippen LogP contribution is 2.29. The maximum Gasteiger partial charge on any atom is 0.160 e. The number of aromatic nitrogens is 2. The highest BCUT2D eigenvalue weighted by atomic mass is 16.6. The molecule has 0 aliphatic rings. The van der Waals surface area contributed by atoms with Crippen LogP contribution in [0.1, 0.15) is 13.8 Å². The first kappa shape index (κ1) is 11.7. The summed E-state index contributed by atoms with van der Waals surface area (Å²) in [6, 6.07) is 3.89. The first-order chi connectivity index (χ1) is 8.15. The lowest BCUT2D eigenvalue weighted by molar-refractivity contribution is 0.299. The minimum atomic E-state index is 0.0787. The van der Waals surface area contributed by atoms with E-state index >= 15 is 0 Å². The van der Waals surface area contributed by atoms with Crippen molar-refractivity contribution in [3.63, 3.8) is 0 Å². The Hall–Kier alpha value is -1.82. The molecule has 0 bridgehead atoms. The van der Waals surface area contributed by atoms with Crippen LogP contribution in [-0.2, 0) is 0 Å². The summed E-state index contributed by atoms with van der Waals surface area (Å²) in [7, 11) is 0. The van der Waals surface area contributed by atoms with Gasteiger partial charge in [0.15, 0.2) is 11.0 Å². The van der Waals surface area contributed by atoms with E-state index in [2.05, 4.69) is 10.3 Å². The zero-order valence-electron chi connectivity index (χ0n) is 9.92. The third-order valence-corrected chi connectivity index (χ3v) is 2.70. The molecule has 6 heteroatoms. The normalized spacial score (nSPS) is 11.3. The van der Waals surface area contributed by atoms with Crippen molar-refractivity contribution < 1.29 is 9.74 Å². The largest absolute Gasteiger partial charge is 0.397 e. The van der Waals surface area contributed by atoms with Gasteiger partial charge in [0.2, 0.25) is 0 Å². The molecule has 0 radical (unpaired) electrons. The molecule has 0 unspecified atom stereocenters. The molecule has 0 aliphatic carbocycles. The van der Waals surface area contributed by atoms with Gasteiger partial charge in [-0.25, -0.2) is 4.63 Å². The monoisotopic (exact) mass is 236 g/mol. The number of benzene rings is 1. The van der Waals surface area contributed by atoms with E-state index in [1.54, 1.807) is 6.07 Å². The fourth-order valence-corrected chi connectivity index (χ4v) is 1.87. The molecule has 0 atom stereocenters. The quantitative estimate of drug-likeness (QED) is 0.770. The molecular formula is C11H16N4O2. The van der Waals surface area contributed by atoms with Crippen LogP contribution in [-0.4, -0.2) is 34.6 Å². The Labute approximate surface area is 99.0 Å². The van der Waals surface area contributed by atoms with Crippen LogP contribution >= 0.6 is 0 Å². The Kier molecular flexibility index (Phi) is 3.14. The molecule has 1 aromatic heterocycles. The van der Waals surface area contributed by atoms with E-state index in [0.717, 1.165) is 5.69 Å². The lowest BCUT2D eigenvalue weighted by Crippen LogP contribution is -2.33. The van der Waals surface area contributed by atoms with Crippen molar-refractivity contribution in [1.29, 1.82) is 0 Å². The number of fused-ring (bicyclic) bond motifs is 1. The van der Waals surface area contributed by atoms with Crippen molar-refractivity contribution in [2.45, 2.75) is 19.9 Å². The van der Waals surface area contributed by atoms with Crippen LogP contribution in [0.25, 0.3) is 11.0 Å². The number of anilines is 2. The minimum absolute atomic E-state index is 0.0787. The second-order valence-corrected chi connectivity index (χ2v) is 4.15. The van der Waals surface area contributed by atoms with Gasteiger partial charge in [-0.05, 0) is 36.3 Å². The molecule has 92 valence electrons. The molecule has 6 nitrogen and oxygen atoms in total. The number of aliphatic hydroxyl groups is 1. The van der Waals surface area contributed by atoms with E-state index in [4.69, 9.17) is 15.5 Å². The van der Waals surface area contributed by atoms with Crippen LogP contribution in [0, 0.1) is 0 Å². The standard InChI is InChI=1S/C11H16N4O2/c1-7(2)15(5-6-16)9-4-3-8(12)10-11(9)14-17-13-10/h3-4,7,16H,5-6,12H2,1-2H3. The topological polar surface area (TPSA) is 88.4 Å². The third kappa shape index (κ3) is 2.03. The molecular weight excluding hydrogens is 220 g/mol. The Morgan fingerprint density at radius 1 is 1.35 bits per heavy atom. The van der Waals surface area contributed by atoms with Gasteiger partial charge in [0, 0.05) is 12.6 Å². The zero-order chi connectivity index (χ0) is 12.4. The van der Waals surface area contributed by atoms with Gasteiger partial charge >= 0.3 is 0 Å². The molecule has 0 aliphatic heterocycles. The maximum absolute atomic E-state index is 9.10. The Bertz CT molecular complexity index is 509. The summed E-state index contributed by atoms with van der Waals surface area (Å²) in [5.41, 5.74) is 8.40. The van der Waals surface area contributed by atoms with Crippen LogP contribution < -0.4 is 10.6 Å². The number of aliphatic hydroxyl groups excluding tert-OH is 1. The SMILES string of the molecule is CC(C)N(CCO)c1ccc(N)c2nonc12. The predicted molar refractivity (Wildman–Crippen MR) is 65.8 cm³/mol. The number of nitrogens with two attached hydrogens (primary N) is 1. The van der Waals surface area contributed by atoms with Crippen molar-refractivity contribution in [1.82, 2.24) is 10.3 Å². The Morgan fingerprint density at radius 2 is 2.06 bits per heavy atom. The van der Waals surface area contributed by atoms with Gasteiger partial charge in [-0.1, -0.05) is 0 Å². The lowest BCUT2D eigenvalue weighted by Gasteiger charge is -2.28. The molecule has 1 heterocycles. The first-order valence-corrected chi connectivity index (χ1v) is 5.53. The van der Waals surface area contributed by atoms with Crippen LogP contribution in [0.15, 0.2) is 16.8 Å². The smallest absolute Gasteiger partial charge is 0.160 e. The van der Waals surface area contributed by atoms with Crippen molar-refractivity contribution in [3.8, 4) is 0 Å². The number of rotatable bonds is 4. The summed E-state index contributed by atoms with van der Waals surface area (Å²) >= 11 is 0. The Balaban J connectivity index is 2.53. The number of hydrogen-bond acceptors (Lipinski definition) is 6. The first-order valence-electron chi connectivity index (χ1n) is 5.53. The second-order valence-electron chi connectivity index (χ2n) is 4.15. The summed E-state index contributed by atoms with van der Waals surface area (Å²) in [5.74, 6) is 0. The molecule has 0 saturated carbocycles. The number of hydrogen-bond donors (Lipinski definition) is 2. The third-order valence-electron chi connectivity index (χ3n) is 2.70. The molecule has 0 spiro atoms. The van der Waals surface area contributed by atoms with Gasteiger partial charge in [-0.3, -0.25) is 0 Å². The zero-order valence-corrected chi connectivity index (χ0v) is 9.92. The summed E-state index contributed by atoms with van der Waals surface area (Å²) in [5, 5.41) is 16.8. The van der Waals surface area contributed by atoms with Gasteiger partial charge in [0.1, 0.15) is 0 Å². The lowest BCUT2D eigenvalue weighted by atomic mass is 10.2. The molecule has 2 aromatic rings. The summed E-state index contributed by atoms with van der Waals surface area (Å²) in [4.78, 5) is 2.03. The minimum Gasteiger partial charge on any atom is -0.397 e. The molecule has 0 amide bonds. The van der Waals surface area contributed by atoms with E-state index in [9.17, 15) is 0 Å². The highest BCUT2D eigenvalue weighted by Gasteiger charge is 2.17. The van der Waals surface area contributed by atoms with E-state index in [-0.39, 0.29) is 12.6 Å². The fourth-order valence-electron chi connectivity index (χ4n) is 1.87. The van der Waals surface area contributed by atoms with E-state index in [0.29, 0.717) is 23.3 Å². The Morgan fingerprint density at radius 3 is 2.71 bits per heavy atom. The van der Waals surface area contributed by atoms with Crippen LogP contribution in [0.4, 0.5) is 11.4 Å². The second kappa shape index (κ2) is 4.58. The summed E-state index contributed by atoms with van der Waals surface area (Å²) in [6.07, 6.45) is 0. The molecule has 1 aromatic carbocycles. The van der Waals surface area contributed by atoms with Gasteiger partial charge in [0.25, 0.3) is 0 Å². The van der Waals surface area contributed by atoms with Crippen LogP contribution in [0.3, 0.4) is 0 Å². The fraction of sp³-hybridized carbons (Fsp3) is 0.455. The van der Waals surface area contributed by atoms with E-state index in [1.807, 2.05) is 24.8 Å². The average Bonchev–Trinajstić information content (AvgIpc) is 2.77. The summed E-state index contributed by atoms with van der Waals surface area (Å²) < 4.78 is 4.73. The van der Waals surface area contributed by atoms with Crippen molar-refractivity contribution >= 4 is 22.4 Å². The van der Waals surface area contributed by atoms with E-state index in [1.165, 1.54) is 0 Å². The van der Waals surface area contributed by atoms with Gasteiger partial charge in [0.05, 0.1) is 18.0 Å².